The van der Waals surface area contributed by atoms with E-state index < -0.39 is 36.1 Å². The maximum Gasteiger partial charge on any atom is 0.311 e. The second kappa shape index (κ2) is 18.3. The molecule has 41 heavy (non-hydrogen) atoms. The highest BCUT2D eigenvalue weighted by molar-refractivity contribution is 5.80. The molecule has 0 aromatic carbocycles. The second-order valence-corrected chi connectivity index (χ2v) is 12.4. The molecule has 0 unspecified atom stereocenters. The summed E-state index contributed by atoms with van der Waals surface area (Å²) in [5.74, 6) is -1.24. The van der Waals surface area contributed by atoms with E-state index in [0.717, 1.165) is 31.3 Å². The Bertz CT molecular complexity index is 987. The van der Waals surface area contributed by atoms with E-state index >= 15 is 0 Å². The van der Waals surface area contributed by atoms with Crippen molar-refractivity contribution >= 4 is 17.5 Å². The number of allylic oxidation sites excluding steroid dienone is 8. The molecule has 1 saturated heterocycles. The number of esters is 1. The van der Waals surface area contributed by atoms with Crippen LogP contribution in [0.1, 0.15) is 107 Å². The summed E-state index contributed by atoms with van der Waals surface area (Å²) >= 11 is 0. The Hall–Kier alpha value is -2.31. The van der Waals surface area contributed by atoms with E-state index in [4.69, 9.17) is 4.74 Å². The van der Waals surface area contributed by atoms with E-state index in [2.05, 4.69) is 38.2 Å². The lowest BCUT2D eigenvalue weighted by molar-refractivity contribution is -0.186. The van der Waals surface area contributed by atoms with E-state index in [-0.39, 0.29) is 29.8 Å². The molecule has 1 fully saturated rings. The number of aliphatic hydroxyl groups excluding tert-OH is 2. The van der Waals surface area contributed by atoms with Crippen molar-refractivity contribution in [3.05, 3.63) is 47.1 Å². The Balaban J connectivity index is 2.49. The van der Waals surface area contributed by atoms with Crippen LogP contribution in [0.25, 0.3) is 0 Å². The fourth-order valence-electron chi connectivity index (χ4n) is 5.29. The molecule has 1 heterocycles. The zero-order chi connectivity index (χ0) is 31.3. The van der Waals surface area contributed by atoms with Crippen LogP contribution in [0.15, 0.2) is 47.1 Å². The molecule has 6 heteroatoms. The Morgan fingerprint density at radius 2 is 1.68 bits per heavy atom. The van der Waals surface area contributed by atoms with Crippen LogP contribution in [0.3, 0.4) is 0 Å². The standard InChI is InChI=1S/C35H56O6/c1-10-30(20-24(4)15-11-14-23(3)19-25(5)29(9)36)16-12-13-22(2)17-18-31(37)21-32(38)26(6)34-27(7)33(39)28(8)35(40)41-34/h11,13-14,19-20,24-28,32-34,38-39H,10,12,15-18,21H2,1-9H3/b14-11+,22-13+,23-19+,30-20+/t24-,25+,26+,27-,28-,32-,33+,34-/m0/s1. The third-order valence-electron chi connectivity index (χ3n) is 8.53. The average Bonchev–Trinajstić information content (AvgIpc) is 2.91. The lowest BCUT2D eigenvalue weighted by atomic mass is 9.79. The number of ketones is 2. The minimum atomic E-state index is -0.925. The van der Waals surface area contributed by atoms with Crippen molar-refractivity contribution in [3.63, 3.8) is 0 Å². The zero-order valence-corrected chi connectivity index (χ0v) is 27.0. The summed E-state index contributed by atoms with van der Waals surface area (Å²) in [5.41, 5.74) is 3.71. The maximum absolute atomic E-state index is 12.6. The minimum Gasteiger partial charge on any atom is -0.461 e. The normalized spacial score (nSPS) is 25.5. The van der Waals surface area contributed by atoms with Crippen LogP contribution in [0, 0.1) is 29.6 Å². The third kappa shape index (κ3) is 13.0. The molecule has 0 radical (unpaired) electrons. The van der Waals surface area contributed by atoms with Gasteiger partial charge in [-0.1, -0.05) is 81.7 Å². The van der Waals surface area contributed by atoms with Gasteiger partial charge in [-0.15, -0.1) is 0 Å². The summed E-state index contributed by atoms with van der Waals surface area (Å²) in [5, 5.41) is 21.0. The summed E-state index contributed by atoms with van der Waals surface area (Å²) in [6.07, 6.45) is 13.4. The number of carbonyl (C=O) groups is 3. The first-order valence-electron chi connectivity index (χ1n) is 15.5. The van der Waals surface area contributed by atoms with Gasteiger partial charge in [-0.05, 0) is 65.7 Å². The number of aliphatic hydroxyl groups is 2. The second-order valence-electron chi connectivity index (χ2n) is 12.4. The highest BCUT2D eigenvalue weighted by atomic mass is 16.6. The first-order valence-corrected chi connectivity index (χ1v) is 15.5. The Morgan fingerprint density at radius 1 is 1.02 bits per heavy atom. The Morgan fingerprint density at radius 3 is 2.29 bits per heavy atom. The van der Waals surface area contributed by atoms with Gasteiger partial charge in [0.25, 0.3) is 0 Å². The van der Waals surface area contributed by atoms with E-state index in [0.29, 0.717) is 18.8 Å². The number of cyclic esters (lactones) is 1. The van der Waals surface area contributed by atoms with E-state index in [1.165, 1.54) is 11.1 Å². The Labute approximate surface area is 249 Å². The highest BCUT2D eigenvalue weighted by Crippen LogP contribution is 2.32. The zero-order valence-electron chi connectivity index (χ0n) is 27.0. The number of hydrogen-bond donors (Lipinski definition) is 2. The predicted octanol–water partition coefficient (Wildman–Crippen LogP) is 7.10. The average molecular weight is 573 g/mol. The van der Waals surface area contributed by atoms with E-state index in [1.807, 2.05) is 33.8 Å². The number of rotatable bonds is 17. The fourth-order valence-corrected chi connectivity index (χ4v) is 5.29. The molecule has 0 aliphatic carbocycles. The summed E-state index contributed by atoms with van der Waals surface area (Å²) in [6.45, 7) is 17.2. The van der Waals surface area contributed by atoms with Crippen LogP contribution in [0.2, 0.25) is 0 Å². The molecule has 8 atom stereocenters. The quantitative estimate of drug-likeness (QED) is 0.110. The maximum atomic E-state index is 12.6. The molecule has 232 valence electrons. The van der Waals surface area contributed by atoms with Gasteiger partial charge in [0.2, 0.25) is 0 Å². The number of carbonyl (C=O) groups excluding carboxylic acids is 3. The molecule has 2 N–H and O–H groups in total. The van der Waals surface area contributed by atoms with Gasteiger partial charge in [0.15, 0.2) is 0 Å². The van der Waals surface area contributed by atoms with E-state index in [9.17, 15) is 24.6 Å². The van der Waals surface area contributed by atoms with Crippen molar-refractivity contribution < 1.29 is 29.3 Å². The van der Waals surface area contributed by atoms with Crippen LogP contribution in [0.4, 0.5) is 0 Å². The number of Topliss-reactive ketones (excluding diaryl/α,β-unsaturated/α-hetero) is 2. The predicted molar refractivity (Wildman–Crippen MR) is 166 cm³/mol. The highest BCUT2D eigenvalue weighted by Gasteiger charge is 2.44. The van der Waals surface area contributed by atoms with Gasteiger partial charge in [0.05, 0.1) is 18.1 Å². The van der Waals surface area contributed by atoms with Crippen molar-refractivity contribution in [2.75, 3.05) is 0 Å². The van der Waals surface area contributed by atoms with Gasteiger partial charge in [-0.3, -0.25) is 14.4 Å². The van der Waals surface area contributed by atoms with Crippen LogP contribution in [-0.2, 0) is 19.1 Å². The molecule has 0 spiro atoms. The van der Waals surface area contributed by atoms with Crippen molar-refractivity contribution in [3.8, 4) is 0 Å². The third-order valence-corrected chi connectivity index (χ3v) is 8.53. The molecule has 0 saturated carbocycles. The largest absolute Gasteiger partial charge is 0.461 e. The SMILES string of the molecule is CC/C(=C\[C@@H](C)C/C=C/C(C)=C/[C@@H](C)C(C)=O)CC/C=C(\C)CCC(=O)C[C@H](O)[C@@H](C)[C@@H]1OC(=O)[C@@H](C)[C@H](O)[C@@H]1C. The molecule has 0 bridgehead atoms. The molecule has 6 nitrogen and oxygen atoms in total. The molecular weight excluding hydrogens is 516 g/mol. The summed E-state index contributed by atoms with van der Waals surface area (Å²) in [7, 11) is 0. The summed E-state index contributed by atoms with van der Waals surface area (Å²) < 4.78 is 5.49. The number of ether oxygens (including phenoxy) is 1. The summed E-state index contributed by atoms with van der Waals surface area (Å²) in [4.78, 5) is 36.1. The topological polar surface area (TPSA) is 101 Å². The van der Waals surface area contributed by atoms with Crippen molar-refractivity contribution in [2.24, 2.45) is 29.6 Å². The van der Waals surface area contributed by atoms with Crippen LogP contribution >= 0.6 is 0 Å². The van der Waals surface area contributed by atoms with Crippen LogP contribution < -0.4 is 0 Å². The first kappa shape index (κ1) is 36.7. The van der Waals surface area contributed by atoms with E-state index in [1.54, 1.807) is 20.8 Å². The van der Waals surface area contributed by atoms with Gasteiger partial charge >= 0.3 is 5.97 Å². The first-order chi connectivity index (χ1) is 19.2. The van der Waals surface area contributed by atoms with Crippen molar-refractivity contribution in [1.82, 2.24) is 0 Å². The Kier molecular flexibility index (Phi) is 16.4. The lowest BCUT2D eigenvalue weighted by Crippen LogP contribution is -2.51. The number of hydrogen-bond acceptors (Lipinski definition) is 6. The molecule has 1 aliphatic rings. The van der Waals surface area contributed by atoms with Crippen LogP contribution in [-0.4, -0.2) is 46.1 Å². The molecule has 1 aliphatic heterocycles. The fraction of sp³-hybridized carbons (Fsp3) is 0.686. The smallest absolute Gasteiger partial charge is 0.311 e. The molecule has 0 aromatic rings. The molecular formula is C35H56O6. The van der Waals surface area contributed by atoms with Crippen molar-refractivity contribution in [2.45, 2.75) is 126 Å². The molecule has 0 aromatic heterocycles. The van der Waals surface area contributed by atoms with Gasteiger partial charge in [-0.25, -0.2) is 0 Å². The monoisotopic (exact) mass is 572 g/mol. The molecule has 0 amide bonds. The van der Waals surface area contributed by atoms with Gasteiger partial charge in [-0.2, -0.15) is 0 Å². The minimum absolute atomic E-state index is 0.0149. The molecule has 1 rings (SSSR count). The van der Waals surface area contributed by atoms with Gasteiger partial charge in [0.1, 0.15) is 17.7 Å². The van der Waals surface area contributed by atoms with Crippen LogP contribution in [0.5, 0.6) is 0 Å². The van der Waals surface area contributed by atoms with Gasteiger partial charge < -0.3 is 14.9 Å². The lowest BCUT2D eigenvalue weighted by Gasteiger charge is -2.40. The summed E-state index contributed by atoms with van der Waals surface area (Å²) in [6, 6.07) is 0. The van der Waals surface area contributed by atoms with Gasteiger partial charge in [0, 0.05) is 30.6 Å². The van der Waals surface area contributed by atoms with Crippen molar-refractivity contribution in [1.29, 1.82) is 0 Å².